The van der Waals surface area contributed by atoms with Gasteiger partial charge >= 0.3 is 5.97 Å². The van der Waals surface area contributed by atoms with E-state index in [-0.39, 0.29) is 25.2 Å². The molecule has 8 N–H and O–H groups in total. The largest absolute Gasteiger partial charge is 0.480 e. The van der Waals surface area contributed by atoms with Crippen LogP contribution in [-0.2, 0) is 30.4 Å². The summed E-state index contributed by atoms with van der Waals surface area (Å²) < 4.78 is 0. The van der Waals surface area contributed by atoms with Crippen molar-refractivity contribution >= 4 is 29.6 Å². The number of hydrogen-bond acceptors (Lipinski definition) is 6. The van der Waals surface area contributed by atoms with Gasteiger partial charge in [0.1, 0.15) is 18.1 Å². The molecule has 0 aliphatic carbocycles. The van der Waals surface area contributed by atoms with E-state index in [9.17, 15) is 29.1 Å². The van der Waals surface area contributed by atoms with Crippen molar-refractivity contribution in [2.45, 2.75) is 70.6 Å². The summed E-state index contributed by atoms with van der Waals surface area (Å²) in [7, 11) is 0. The Morgan fingerprint density at radius 2 is 1.38 bits per heavy atom. The van der Waals surface area contributed by atoms with Crippen molar-refractivity contribution in [3.63, 3.8) is 0 Å². The molecular formula is C23H35N5O6. The molecule has 0 spiro atoms. The SMILES string of the molecule is CC(C)CC(NC(=O)C(C)N)C(=O)NC(Cc1ccccc1)C(=O)NC(CCC(N)=O)C(=O)O. The molecule has 11 heteroatoms. The molecule has 1 rings (SSSR count). The van der Waals surface area contributed by atoms with Gasteiger partial charge in [0.05, 0.1) is 6.04 Å². The molecule has 1 aromatic carbocycles. The number of carboxylic acids is 1. The first kappa shape index (κ1) is 28.6. The van der Waals surface area contributed by atoms with E-state index in [1.54, 1.807) is 30.3 Å². The second-order valence-corrected chi connectivity index (χ2v) is 8.63. The van der Waals surface area contributed by atoms with Crippen molar-refractivity contribution in [1.29, 1.82) is 0 Å². The predicted molar refractivity (Wildman–Crippen MR) is 125 cm³/mol. The zero-order valence-electron chi connectivity index (χ0n) is 19.7. The molecule has 1 aromatic rings. The van der Waals surface area contributed by atoms with Gasteiger partial charge in [0.25, 0.3) is 0 Å². The highest BCUT2D eigenvalue weighted by atomic mass is 16.4. The van der Waals surface area contributed by atoms with Crippen molar-refractivity contribution in [1.82, 2.24) is 16.0 Å². The summed E-state index contributed by atoms with van der Waals surface area (Å²) in [6.07, 6.45) is -0.0356. The Hall–Kier alpha value is -3.47. The van der Waals surface area contributed by atoms with Crippen molar-refractivity contribution in [2.75, 3.05) is 0 Å². The van der Waals surface area contributed by atoms with E-state index in [1.165, 1.54) is 6.92 Å². The smallest absolute Gasteiger partial charge is 0.326 e. The summed E-state index contributed by atoms with van der Waals surface area (Å²) in [5, 5.41) is 17.0. The Morgan fingerprint density at radius 1 is 0.853 bits per heavy atom. The standard InChI is InChI=1S/C23H35N5O6/c1-13(2)11-17(27-20(30)14(3)24)21(31)28-18(12-15-7-5-4-6-8-15)22(32)26-16(23(33)34)9-10-19(25)29/h4-8,13-14,16-18H,9-12,24H2,1-3H3,(H2,25,29)(H,26,32)(H,27,30)(H,28,31)(H,33,34). The van der Waals surface area contributed by atoms with Crippen LogP contribution in [0.1, 0.15) is 45.6 Å². The number of carbonyl (C=O) groups excluding carboxylic acids is 4. The van der Waals surface area contributed by atoms with Crippen LogP contribution in [0.15, 0.2) is 30.3 Å². The maximum absolute atomic E-state index is 13.1. The number of carboxylic acid groups (broad SMARTS) is 1. The van der Waals surface area contributed by atoms with Gasteiger partial charge in [-0.1, -0.05) is 44.2 Å². The lowest BCUT2D eigenvalue weighted by molar-refractivity contribution is -0.142. The zero-order valence-corrected chi connectivity index (χ0v) is 19.7. The van der Waals surface area contributed by atoms with Gasteiger partial charge < -0.3 is 32.5 Å². The molecule has 0 bridgehead atoms. The molecule has 0 radical (unpaired) electrons. The molecule has 0 heterocycles. The monoisotopic (exact) mass is 477 g/mol. The second-order valence-electron chi connectivity index (χ2n) is 8.63. The molecule has 0 aliphatic heterocycles. The second kappa shape index (κ2) is 13.9. The highest BCUT2D eigenvalue weighted by molar-refractivity contribution is 5.94. The van der Waals surface area contributed by atoms with Gasteiger partial charge in [-0.05, 0) is 31.2 Å². The summed E-state index contributed by atoms with van der Waals surface area (Å²) in [5.41, 5.74) is 11.4. The van der Waals surface area contributed by atoms with E-state index < -0.39 is 53.8 Å². The van der Waals surface area contributed by atoms with Crippen LogP contribution in [0.4, 0.5) is 0 Å². The van der Waals surface area contributed by atoms with Crippen molar-refractivity contribution in [2.24, 2.45) is 17.4 Å². The highest BCUT2D eigenvalue weighted by Gasteiger charge is 2.30. The van der Waals surface area contributed by atoms with Crippen LogP contribution in [-0.4, -0.2) is 58.9 Å². The quantitative estimate of drug-likeness (QED) is 0.206. The molecule has 34 heavy (non-hydrogen) atoms. The van der Waals surface area contributed by atoms with Gasteiger partial charge in [0.2, 0.25) is 23.6 Å². The summed E-state index contributed by atoms with van der Waals surface area (Å²) in [5.74, 6) is -3.83. The third-order valence-electron chi connectivity index (χ3n) is 4.96. The first-order chi connectivity index (χ1) is 15.9. The normalized spacial score (nSPS) is 14.4. The Bertz CT molecular complexity index is 859. The Balaban J connectivity index is 3.10. The number of primary amides is 1. The van der Waals surface area contributed by atoms with Gasteiger partial charge in [-0.25, -0.2) is 4.79 Å². The Labute approximate surface area is 199 Å². The maximum Gasteiger partial charge on any atom is 0.326 e. The van der Waals surface area contributed by atoms with Crippen LogP contribution in [0.3, 0.4) is 0 Å². The van der Waals surface area contributed by atoms with Crippen LogP contribution < -0.4 is 27.4 Å². The topological polar surface area (TPSA) is 194 Å². The zero-order chi connectivity index (χ0) is 25.8. The van der Waals surface area contributed by atoms with Gasteiger partial charge in [-0.2, -0.15) is 0 Å². The fourth-order valence-electron chi connectivity index (χ4n) is 3.15. The van der Waals surface area contributed by atoms with Gasteiger partial charge in [0, 0.05) is 12.8 Å². The molecule has 11 nitrogen and oxygen atoms in total. The summed E-state index contributed by atoms with van der Waals surface area (Å²) in [6.45, 7) is 5.24. The first-order valence-corrected chi connectivity index (χ1v) is 11.1. The molecule has 0 aromatic heterocycles. The molecule has 188 valence electrons. The molecule has 0 saturated carbocycles. The molecule has 4 atom stereocenters. The van der Waals surface area contributed by atoms with Crippen molar-refractivity contribution in [3.8, 4) is 0 Å². The van der Waals surface area contributed by atoms with Crippen LogP contribution in [0.25, 0.3) is 0 Å². The number of benzene rings is 1. The average molecular weight is 478 g/mol. The molecule has 4 unspecified atom stereocenters. The minimum Gasteiger partial charge on any atom is -0.480 e. The maximum atomic E-state index is 13.1. The summed E-state index contributed by atoms with van der Waals surface area (Å²) >= 11 is 0. The number of aliphatic carboxylic acids is 1. The molecule has 4 amide bonds. The molecule has 0 fully saturated rings. The average Bonchev–Trinajstić information content (AvgIpc) is 2.75. The number of nitrogens with two attached hydrogens (primary N) is 2. The molecule has 0 aliphatic rings. The molecular weight excluding hydrogens is 442 g/mol. The van der Waals surface area contributed by atoms with Crippen LogP contribution in [0.5, 0.6) is 0 Å². The lowest BCUT2D eigenvalue weighted by atomic mass is 10.0. The summed E-state index contributed by atoms with van der Waals surface area (Å²) in [4.78, 5) is 60.8. The van der Waals surface area contributed by atoms with E-state index in [0.717, 1.165) is 5.56 Å². The van der Waals surface area contributed by atoms with E-state index in [2.05, 4.69) is 16.0 Å². The van der Waals surface area contributed by atoms with Crippen molar-refractivity contribution < 1.29 is 29.1 Å². The van der Waals surface area contributed by atoms with Crippen LogP contribution in [0, 0.1) is 5.92 Å². The lowest BCUT2D eigenvalue weighted by Gasteiger charge is -2.26. The fourth-order valence-corrected chi connectivity index (χ4v) is 3.15. The van der Waals surface area contributed by atoms with Gasteiger partial charge in [-0.15, -0.1) is 0 Å². The summed E-state index contributed by atoms with van der Waals surface area (Å²) in [6, 6.07) is 4.60. The molecule has 0 saturated heterocycles. The number of amides is 4. The number of hydrogen-bond donors (Lipinski definition) is 6. The van der Waals surface area contributed by atoms with E-state index in [0.29, 0.717) is 6.42 Å². The number of carbonyl (C=O) groups is 5. The van der Waals surface area contributed by atoms with E-state index in [1.807, 2.05) is 13.8 Å². The minimum atomic E-state index is -1.36. The Kier molecular flexibility index (Phi) is 11.7. The van der Waals surface area contributed by atoms with Crippen molar-refractivity contribution in [3.05, 3.63) is 35.9 Å². The first-order valence-electron chi connectivity index (χ1n) is 11.1. The number of nitrogens with one attached hydrogen (secondary N) is 3. The minimum absolute atomic E-state index is 0.0516. The van der Waals surface area contributed by atoms with Crippen LogP contribution >= 0.6 is 0 Å². The van der Waals surface area contributed by atoms with Crippen LogP contribution in [0.2, 0.25) is 0 Å². The lowest BCUT2D eigenvalue weighted by Crippen LogP contribution is -2.57. The van der Waals surface area contributed by atoms with E-state index in [4.69, 9.17) is 11.5 Å². The fraction of sp³-hybridized carbons (Fsp3) is 0.522. The predicted octanol–water partition coefficient (Wildman–Crippen LogP) is -0.573. The van der Waals surface area contributed by atoms with Gasteiger partial charge in [0.15, 0.2) is 0 Å². The number of rotatable bonds is 14. The highest BCUT2D eigenvalue weighted by Crippen LogP contribution is 2.09. The Morgan fingerprint density at radius 3 is 1.88 bits per heavy atom. The van der Waals surface area contributed by atoms with E-state index >= 15 is 0 Å². The third kappa shape index (κ3) is 10.4. The van der Waals surface area contributed by atoms with Gasteiger partial charge in [-0.3, -0.25) is 19.2 Å². The third-order valence-corrected chi connectivity index (χ3v) is 4.96.